The highest BCUT2D eigenvalue weighted by molar-refractivity contribution is 7.20. The van der Waals surface area contributed by atoms with Gasteiger partial charge in [0.15, 0.2) is 0 Å². The highest BCUT2D eigenvalue weighted by Gasteiger charge is 2.16. The Morgan fingerprint density at radius 2 is 2.05 bits per heavy atom. The van der Waals surface area contributed by atoms with Gasteiger partial charge in [0.1, 0.15) is 4.83 Å². The molecular weight excluding hydrogens is 282 g/mol. The molecule has 0 saturated carbocycles. The Hall–Kier alpha value is -1.36. The monoisotopic (exact) mass is 307 g/mol. The molecule has 0 saturated heterocycles. The van der Waals surface area contributed by atoms with E-state index in [1.165, 1.54) is 0 Å². The summed E-state index contributed by atoms with van der Waals surface area (Å²) in [6.07, 6.45) is 1.01. The first-order valence-corrected chi connectivity index (χ1v) is 8.45. The lowest BCUT2D eigenvalue weighted by Crippen LogP contribution is -2.24. The van der Waals surface area contributed by atoms with Crippen LogP contribution in [0, 0.1) is 18.8 Å². The Kier molecular flexibility index (Phi) is 5.04. The van der Waals surface area contributed by atoms with Gasteiger partial charge in [-0.1, -0.05) is 27.7 Å². The molecule has 0 unspecified atom stereocenters. The van der Waals surface area contributed by atoms with Crippen molar-refractivity contribution in [2.75, 3.05) is 6.54 Å². The minimum Gasteiger partial charge on any atom is -0.351 e. The SMILES string of the molecule is Cc1nn(CC(C)C)c2sc(C(=O)NCCC(C)C)cc12. The predicted octanol–water partition coefficient (Wildman–Crippen LogP) is 3.84. The molecule has 0 aliphatic carbocycles. The Morgan fingerprint density at radius 3 is 2.67 bits per heavy atom. The fraction of sp³-hybridized carbons (Fsp3) is 0.625. The zero-order valence-electron chi connectivity index (χ0n) is 13.6. The summed E-state index contributed by atoms with van der Waals surface area (Å²) >= 11 is 1.54. The number of thiophene rings is 1. The van der Waals surface area contributed by atoms with E-state index in [0.29, 0.717) is 11.8 Å². The van der Waals surface area contributed by atoms with E-state index in [1.54, 1.807) is 11.3 Å². The second kappa shape index (κ2) is 6.60. The van der Waals surface area contributed by atoms with Gasteiger partial charge in [-0.05, 0) is 31.2 Å². The Labute approximate surface area is 130 Å². The molecule has 0 aromatic carbocycles. The molecule has 2 aromatic heterocycles. The van der Waals surface area contributed by atoms with Crippen LogP contribution in [0.25, 0.3) is 10.2 Å². The number of fused-ring (bicyclic) bond motifs is 1. The first-order chi connectivity index (χ1) is 9.88. The molecular formula is C16H25N3OS. The second-order valence-corrected chi connectivity index (χ2v) is 7.46. The first-order valence-electron chi connectivity index (χ1n) is 7.63. The topological polar surface area (TPSA) is 46.9 Å². The molecule has 116 valence electrons. The summed E-state index contributed by atoms with van der Waals surface area (Å²) in [4.78, 5) is 14.1. The number of hydrogen-bond acceptors (Lipinski definition) is 3. The van der Waals surface area contributed by atoms with Crippen molar-refractivity contribution >= 4 is 27.5 Å². The van der Waals surface area contributed by atoms with Crippen molar-refractivity contribution in [2.24, 2.45) is 11.8 Å². The van der Waals surface area contributed by atoms with Gasteiger partial charge in [0, 0.05) is 18.5 Å². The summed E-state index contributed by atoms with van der Waals surface area (Å²) in [6, 6.07) is 1.98. The van der Waals surface area contributed by atoms with E-state index in [2.05, 4.69) is 38.1 Å². The van der Waals surface area contributed by atoms with Gasteiger partial charge in [-0.15, -0.1) is 11.3 Å². The standard InChI is InChI=1S/C16H25N3OS/c1-10(2)6-7-17-15(20)14-8-13-12(5)18-19(9-11(3)4)16(13)21-14/h8,10-11H,6-7,9H2,1-5H3,(H,17,20). The van der Waals surface area contributed by atoms with E-state index in [4.69, 9.17) is 0 Å². The van der Waals surface area contributed by atoms with Crippen LogP contribution in [-0.2, 0) is 6.54 Å². The smallest absolute Gasteiger partial charge is 0.261 e. The molecule has 0 radical (unpaired) electrons. The van der Waals surface area contributed by atoms with Crippen molar-refractivity contribution < 1.29 is 4.79 Å². The summed E-state index contributed by atoms with van der Waals surface area (Å²) in [7, 11) is 0. The largest absolute Gasteiger partial charge is 0.351 e. The fourth-order valence-electron chi connectivity index (χ4n) is 2.26. The Balaban J connectivity index is 2.16. The lowest BCUT2D eigenvalue weighted by Gasteiger charge is -2.06. The summed E-state index contributed by atoms with van der Waals surface area (Å²) in [5.74, 6) is 1.18. The number of carbonyl (C=O) groups is 1. The highest BCUT2D eigenvalue weighted by Crippen LogP contribution is 2.28. The normalized spacial score (nSPS) is 11.8. The Bertz CT molecular complexity index is 625. The molecule has 2 rings (SSSR count). The molecule has 0 aliphatic rings. The molecule has 2 aromatic rings. The highest BCUT2D eigenvalue weighted by atomic mass is 32.1. The van der Waals surface area contributed by atoms with E-state index in [9.17, 15) is 4.79 Å². The molecule has 1 amide bonds. The van der Waals surface area contributed by atoms with Gasteiger partial charge in [0.2, 0.25) is 0 Å². The summed E-state index contributed by atoms with van der Waals surface area (Å²) in [6.45, 7) is 12.3. The number of aromatic nitrogens is 2. The van der Waals surface area contributed by atoms with Crippen molar-refractivity contribution in [2.45, 2.75) is 47.6 Å². The number of rotatable bonds is 6. The molecule has 0 atom stereocenters. The minimum absolute atomic E-state index is 0.0346. The maximum absolute atomic E-state index is 12.2. The average molecular weight is 307 g/mol. The first kappa shape index (κ1) is 16.0. The van der Waals surface area contributed by atoms with E-state index >= 15 is 0 Å². The predicted molar refractivity (Wildman–Crippen MR) is 89.0 cm³/mol. The third kappa shape index (κ3) is 3.84. The third-order valence-corrected chi connectivity index (χ3v) is 4.52. The number of nitrogens with zero attached hydrogens (tertiary/aromatic N) is 2. The summed E-state index contributed by atoms with van der Waals surface area (Å²) in [5, 5.41) is 8.68. The second-order valence-electron chi connectivity index (χ2n) is 6.43. The van der Waals surface area contributed by atoms with Gasteiger partial charge in [0.25, 0.3) is 5.91 Å². The molecule has 0 fully saturated rings. The Morgan fingerprint density at radius 1 is 1.33 bits per heavy atom. The summed E-state index contributed by atoms with van der Waals surface area (Å²) in [5.41, 5.74) is 1.00. The zero-order valence-corrected chi connectivity index (χ0v) is 14.4. The van der Waals surface area contributed by atoms with Crippen LogP contribution in [0.4, 0.5) is 0 Å². The van der Waals surface area contributed by atoms with Crippen molar-refractivity contribution in [1.82, 2.24) is 15.1 Å². The maximum Gasteiger partial charge on any atom is 0.261 e. The van der Waals surface area contributed by atoms with Crippen LogP contribution >= 0.6 is 11.3 Å². The van der Waals surface area contributed by atoms with E-state index < -0.39 is 0 Å². The van der Waals surface area contributed by atoms with E-state index in [0.717, 1.165) is 40.3 Å². The number of aryl methyl sites for hydroxylation is 1. The number of amides is 1. The van der Waals surface area contributed by atoms with Crippen molar-refractivity contribution in [3.05, 3.63) is 16.6 Å². The van der Waals surface area contributed by atoms with Crippen LogP contribution in [0.2, 0.25) is 0 Å². The molecule has 21 heavy (non-hydrogen) atoms. The van der Waals surface area contributed by atoms with Gasteiger partial charge in [-0.2, -0.15) is 5.10 Å². The number of nitrogens with one attached hydrogen (secondary N) is 1. The van der Waals surface area contributed by atoms with Crippen LogP contribution < -0.4 is 5.32 Å². The molecule has 0 bridgehead atoms. The van der Waals surface area contributed by atoms with Crippen LogP contribution in [0.15, 0.2) is 6.07 Å². The fourth-order valence-corrected chi connectivity index (χ4v) is 3.34. The molecule has 1 N–H and O–H groups in total. The zero-order chi connectivity index (χ0) is 15.6. The summed E-state index contributed by atoms with van der Waals surface area (Å²) < 4.78 is 2.03. The average Bonchev–Trinajstić information content (AvgIpc) is 2.91. The minimum atomic E-state index is 0.0346. The molecule has 0 spiro atoms. The lowest BCUT2D eigenvalue weighted by atomic mass is 10.1. The molecule has 4 nitrogen and oxygen atoms in total. The third-order valence-electron chi connectivity index (χ3n) is 3.38. The number of hydrogen-bond donors (Lipinski definition) is 1. The van der Waals surface area contributed by atoms with Crippen molar-refractivity contribution in [1.29, 1.82) is 0 Å². The van der Waals surface area contributed by atoms with Gasteiger partial charge >= 0.3 is 0 Å². The van der Waals surface area contributed by atoms with Gasteiger partial charge in [0.05, 0.1) is 10.6 Å². The quantitative estimate of drug-likeness (QED) is 0.881. The van der Waals surface area contributed by atoms with Crippen LogP contribution in [0.1, 0.15) is 49.5 Å². The van der Waals surface area contributed by atoms with Crippen LogP contribution in [0.5, 0.6) is 0 Å². The van der Waals surface area contributed by atoms with Crippen LogP contribution in [0.3, 0.4) is 0 Å². The molecule has 2 heterocycles. The van der Waals surface area contributed by atoms with Crippen molar-refractivity contribution in [3.8, 4) is 0 Å². The van der Waals surface area contributed by atoms with E-state index in [-0.39, 0.29) is 5.91 Å². The van der Waals surface area contributed by atoms with Gasteiger partial charge in [-0.25, -0.2) is 0 Å². The lowest BCUT2D eigenvalue weighted by molar-refractivity contribution is 0.0956. The number of carbonyl (C=O) groups excluding carboxylic acids is 1. The maximum atomic E-state index is 12.2. The van der Waals surface area contributed by atoms with Gasteiger partial charge in [-0.3, -0.25) is 9.48 Å². The molecule has 5 heteroatoms. The van der Waals surface area contributed by atoms with Crippen LogP contribution in [-0.4, -0.2) is 22.2 Å². The van der Waals surface area contributed by atoms with Crippen molar-refractivity contribution in [3.63, 3.8) is 0 Å². The molecule has 0 aliphatic heterocycles. The van der Waals surface area contributed by atoms with Gasteiger partial charge < -0.3 is 5.32 Å². The van der Waals surface area contributed by atoms with E-state index in [1.807, 2.05) is 17.7 Å².